The zero-order chi connectivity index (χ0) is 8.72. The highest BCUT2D eigenvalue weighted by Gasteiger charge is 2.32. The number of anilines is 1. The lowest BCUT2D eigenvalue weighted by atomic mass is 9.75. The van der Waals surface area contributed by atoms with Gasteiger partial charge in [0.1, 0.15) is 4.47 Å². The molecule has 2 N–H and O–H groups in total. The van der Waals surface area contributed by atoms with Gasteiger partial charge >= 0.3 is 0 Å². The van der Waals surface area contributed by atoms with Crippen LogP contribution in [0.2, 0.25) is 0 Å². The van der Waals surface area contributed by atoms with Crippen LogP contribution in [0.4, 0.5) is 5.82 Å². The Labute approximate surface area is 79.4 Å². The van der Waals surface area contributed by atoms with E-state index in [9.17, 15) is 0 Å². The second-order valence-electron chi connectivity index (χ2n) is 3.52. The minimum absolute atomic E-state index is 0.463. The third-order valence-electron chi connectivity index (χ3n) is 2.43. The molecule has 1 saturated carbocycles. The normalized spacial score (nSPS) is 28.5. The van der Waals surface area contributed by atoms with E-state index in [1.54, 1.807) is 0 Å². The van der Waals surface area contributed by atoms with E-state index in [-0.39, 0.29) is 0 Å². The molecule has 66 valence electrons. The van der Waals surface area contributed by atoms with Gasteiger partial charge in [-0.05, 0) is 34.7 Å². The number of nitrogen functional groups attached to an aromatic ring is 1. The van der Waals surface area contributed by atoms with Crippen LogP contribution < -0.4 is 5.73 Å². The number of hydrogen-bond donors (Lipinski definition) is 1. The number of aromatic nitrogens is 1. The standard InChI is InChI=1S/C8H11BrN2O/c1-4-2-5(3-4)7-6(9)8(10)11-12-7/h4-5H,2-3H2,1H3,(H2,10,11). The topological polar surface area (TPSA) is 52.0 Å². The van der Waals surface area contributed by atoms with Crippen molar-refractivity contribution in [2.75, 3.05) is 5.73 Å². The van der Waals surface area contributed by atoms with Gasteiger partial charge in [0.25, 0.3) is 0 Å². The van der Waals surface area contributed by atoms with E-state index < -0.39 is 0 Å². The van der Waals surface area contributed by atoms with E-state index in [0.29, 0.717) is 11.7 Å². The van der Waals surface area contributed by atoms with Crippen LogP contribution in [0.25, 0.3) is 0 Å². The van der Waals surface area contributed by atoms with Gasteiger partial charge in [-0.3, -0.25) is 0 Å². The van der Waals surface area contributed by atoms with Crippen molar-refractivity contribution in [3.05, 3.63) is 10.2 Å². The summed E-state index contributed by atoms with van der Waals surface area (Å²) in [6.07, 6.45) is 2.38. The Bertz CT molecular complexity index is 291. The third-order valence-corrected chi connectivity index (χ3v) is 3.23. The van der Waals surface area contributed by atoms with Crippen LogP contribution in [-0.4, -0.2) is 5.16 Å². The minimum Gasteiger partial charge on any atom is -0.380 e. The summed E-state index contributed by atoms with van der Waals surface area (Å²) in [5, 5.41) is 3.70. The summed E-state index contributed by atoms with van der Waals surface area (Å²) in [6, 6.07) is 0. The molecule has 0 saturated heterocycles. The number of rotatable bonds is 1. The highest BCUT2D eigenvalue weighted by atomic mass is 79.9. The Hall–Kier alpha value is -0.510. The van der Waals surface area contributed by atoms with Crippen LogP contribution in [0.15, 0.2) is 9.00 Å². The summed E-state index contributed by atoms with van der Waals surface area (Å²) >= 11 is 3.36. The first-order chi connectivity index (χ1) is 5.68. The predicted octanol–water partition coefficient (Wildman–Crippen LogP) is 2.53. The molecule has 0 radical (unpaired) electrons. The molecule has 0 bridgehead atoms. The highest BCUT2D eigenvalue weighted by Crippen LogP contribution is 2.44. The second-order valence-corrected chi connectivity index (χ2v) is 4.31. The average molecular weight is 231 g/mol. The SMILES string of the molecule is CC1CC(c2onc(N)c2Br)C1. The summed E-state index contributed by atoms with van der Waals surface area (Å²) in [4.78, 5) is 0. The predicted molar refractivity (Wildman–Crippen MR) is 49.8 cm³/mol. The van der Waals surface area contributed by atoms with E-state index in [0.717, 1.165) is 16.2 Å². The molecular weight excluding hydrogens is 220 g/mol. The molecule has 1 fully saturated rings. The van der Waals surface area contributed by atoms with Crippen molar-refractivity contribution >= 4 is 21.7 Å². The quantitative estimate of drug-likeness (QED) is 0.807. The lowest BCUT2D eigenvalue weighted by molar-refractivity contribution is 0.233. The Morgan fingerprint density at radius 1 is 1.58 bits per heavy atom. The molecule has 0 unspecified atom stereocenters. The van der Waals surface area contributed by atoms with Gasteiger partial charge in [0.05, 0.1) is 0 Å². The summed E-state index contributed by atoms with van der Waals surface area (Å²) in [5.41, 5.74) is 5.54. The van der Waals surface area contributed by atoms with Gasteiger partial charge in [0.2, 0.25) is 0 Å². The van der Waals surface area contributed by atoms with Gasteiger partial charge in [-0.2, -0.15) is 0 Å². The van der Waals surface area contributed by atoms with Crippen molar-refractivity contribution in [2.45, 2.75) is 25.7 Å². The molecule has 4 heteroatoms. The maximum Gasteiger partial charge on any atom is 0.181 e. The molecule has 12 heavy (non-hydrogen) atoms. The van der Waals surface area contributed by atoms with E-state index in [1.165, 1.54) is 12.8 Å². The lowest BCUT2D eigenvalue weighted by Gasteiger charge is -2.30. The van der Waals surface area contributed by atoms with Crippen molar-refractivity contribution in [1.29, 1.82) is 0 Å². The Balaban J connectivity index is 2.18. The Morgan fingerprint density at radius 2 is 2.25 bits per heavy atom. The van der Waals surface area contributed by atoms with Crippen molar-refractivity contribution < 1.29 is 4.52 Å². The van der Waals surface area contributed by atoms with Gasteiger partial charge < -0.3 is 10.3 Å². The summed E-state index contributed by atoms with van der Waals surface area (Å²) in [6.45, 7) is 2.24. The summed E-state index contributed by atoms with van der Waals surface area (Å²) in [5.74, 6) is 2.72. The first kappa shape index (κ1) is 8.10. The number of halogens is 1. The van der Waals surface area contributed by atoms with Crippen molar-refractivity contribution in [3.63, 3.8) is 0 Å². The van der Waals surface area contributed by atoms with Crippen molar-refractivity contribution in [3.8, 4) is 0 Å². The Kier molecular flexibility index (Phi) is 1.87. The first-order valence-corrected chi connectivity index (χ1v) is 4.88. The van der Waals surface area contributed by atoms with E-state index in [4.69, 9.17) is 10.3 Å². The monoisotopic (exact) mass is 230 g/mol. The molecule has 1 aliphatic rings. The van der Waals surface area contributed by atoms with Crippen LogP contribution in [0.5, 0.6) is 0 Å². The molecule has 1 aromatic heterocycles. The molecule has 0 spiro atoms. The van der Waals surface area contributed by atoms with Crippen LogP contribution in [0.1, 0.15) is 31.4 Å². The van der Waals surface area contributed by atoms with Gasteiger partial charge in [-0.1, -0.05) is 12.1 Å². The molecule has 0 aromatic carbocycles. The second kappa shape index (κ2) is 2.76. The smallest absolute Gasteiger partial charge is 0.181 e. The Morgan fingerprint density at radius 3 is 2.67 bits per heavy atom. The molecule has 1 heterocycles. The van der Waals surface area contributed by atoms with Crippen LogP contribution in [-0.2, 0) is 0 Å². The van der Waals surface area contributed by atoms with E-state index >= 15 is 0 Å². The van der Waals surface area contributed by atoms with Gasteiger partial charge in [-0.15, -0.1) is 0 Å². The first-order valence-electron chi connectivity index (χ1n) is 4.09. The minimum atomic E-state index is 0.463. The molecule has 1 aromatic rings. The van der Waals surface area contributed by atoms with Crippen LogP contribution in [0.3, 0.4) is 0 Å². The van der Waals surface area contributed by atoms with Gasteiger partial charge in [0, 0.05) is 5.92 Å². The molecule has 0 atom stereocenters. The molecular formula is C8H11BrN2O. The van der Waals surface area contributed by atoms with E-state index in [1.807, 2.05) is 0 Å². The largest absolute Gasteiger partial charge is 0.380 e. The summed E-state index contributed by atoms with van der Waals surface area (Å²) in [7, 11) is 0. The molecule has 1 aliphatic carbocycles. The van der Waals surface area contributed by atoms with Crippen LogP contribution in [0, 0.1) is 5.92 Å². The molecule has 0 amide bonds. The van der Waals surface area contributed by atoms with Gasteiger partial charge in [0.15, 0.2) is 11.6 Å². The number of nitrogens with two attached hydrogens (primary N) is 1. The molecule has 3 nitrogen and oxygen atoms in total. The highest BCUT2D eigenvalue weighted by molar-refractivity contribution is 9.10. The fraction of sp³-hybridized carbons (Fsp3) is 0.625. The van der Waals surface area contributed by atoms with E-state index in [2.05, 4.69) is 28.0 Å². The maximum absolute atomic E-state index is 5.54. The fourth-order valence-corrected chi connectivity index (χ4v) is 2.14. The average Bonchev–Trinajstić information content (AvgIpc) is 2.28. The van der Waals surface area contributed by atoms with Crippen molar-refractivity contribution in [1.82, 2.24) is 5.16 Å². The van der Waals surface area contributed by atoms with Gasteiger partial charge in [-0.25, -0.2) is 0 Å². The third kappa shape index (κ3) is 1.14. The number of hydrogen-bond acceptors (Lipinski definition) is 3. The number of nitrogens with zero attached hydrogens (tertiary/aromatic N) is 1. The zero-order valence-electron chi connectivity index (χ0n) is 6.88. The lowest BCUT2D eigenvalue weighted by Crippen LogP contribution is -2.18. The fourth-order valence-electron chi connectivity index (χ4n) is 1.67. The maximum atomic E-state index is 5.54. The zero-order valence-corrected chi connectivity index (χ0v) is 8.47. The van der Waals surface area contributed by atoms with Crippen LogP contribution >= 0.6 is 15.9 Å². The summed E-state index contributed by atoms with van der Waals surface area (Å²) < 4.78 is 5.97. The molecule has 0 aliphatic heterocycles. The van der Waals surface area contributed by atoms with Crippen molar-refractivity contribution in [2.24, 2.45) is 5.92 Å². The molecule has 2 rings (SSSR count).